The maximum absolute atomic E-state index is 12.9. The van der Waals surface area contributed by atoms with Gasteiger partial charge in [0.25, 0.3) is 5.69 Å². The molecule has 1 saturated heterocycles. The first kappa shape index (κ1) is 23.7. The van der Waals surface area contributed by atoms with Crippen LogP contribution >= 0.6 is 0 Å². The number of hydrogen-bond donors (Lipinski definition) is 2. The van der Waals surface area contributed by atoms with Crippen molar-refractivity contribution >= 4 is 27.5 Å². The SMILES string of the molecule is COCCNC(=O)CNC(=O)C1CCN(S(=O)(=O)c2cc([N+](=O)[O-])ccc2C)CC1. The summed E-state index contributed by atoms with van der Waals surface area (Å²) < 4.78 is 31.9. The predicted molar refractivity (Wildman–Crippen MR) is 107 cm³/mol. The number of rotatable bonds is 9. The summed E-state index contributed by atoms with van der Waals surface area (Å²) in [7, 11) is -2.40. The van der Waals surface area contributed by atoms with Crippen LogP contribution in [0.4, 0.5) is 5.69 Å². The van der Waals surface area contributed by atoms with Crippen molar-refractivity contribution in [3.05, 3.63) is 33.9 Å². The van der Waals surface area contributed by atoms with Crippen LogP contribution in [0.5, 0.6) is 0 Å². The third kappa shape index (κ3) is 5.97. The predicted octanol–water partition coefficient (Wildman–Crippen LogP) is 0.183. The standard InChI is InChI=1S/C18H26N4O7S/c1-13-3-4-15(22(25)26)11-16(13)30(27,28)21-8-5-14(6-9-21)18(24)20-12-17(23)19-7-10-29-2/h3-4,11,14H,5-10,12H2,1-2H3,(H,19,23)(H,20,24). The lowest BCUT2D eigenvalue weighted by molar-refractivity contribution is -0.385. The first-order chi connectivity index (χ1) is 14.2. The molecule has 0 spiro atoms. The highest BCUT2D eigenvalue weighted by molar-refractivity contribution is 7.89. The molecule has 0 aromatic heterocycles. The fraction of sp³-hybridized carbons (Fsp3) is 0.556. The maximum atomic E-state index is 12.9. The highest BCUT2D eigenvalue weighted by Crippen LogP contribution is 2.28. The number of aryl methyl sites for hydroxylation is 1. The zero-order chi connectivity index (χ0) is 22.3. The zero-order valence-electron chi connectivity index (χ0n) is 16.9. The molecule has 0 unspecified atom stereocenters. The van der Waals surface area contributed by atoms with E-state index in [9.17, 15) is 28.1 Å². The molecule has 1 aromatic rings. The average Bonchev–Trinajstić information content (AvgIpc) is 2.72. The van der Waals surface area contributed by atoms with Gasteiger partial charge in [-0.3, -0.25) is 19.7 Å². The van der Waals surface area contributed by atoms with Crippen LogP contribution in [0.3, 0.4) is 0 Å². The van der Waals surface area contributed by atoms with Crippen molar-refractivity contribution < 1.29 is 27.7 Å². The molecule has 0 bridgehead atoms. The molecule has 30 heavy (non-hydrogen) atoms. The Hall–Kier alpha value is -2.57. The number of benzene rings is 1. The quantitative estimate of drug-likeness (QED) is 0.315. The molecule has 11 nitrogen and oxygen atoms in total. The van der Waals surface area contributed by atoms with Crippen LogP contribution in [0.25, 0.3) is 0 Å². The second kappa shape index (κ2) is 10.5. The number of nitrogens with one attached hydrogen (secondary N) is 2. The summed E-state index contributed by atoms with van der Waals surface area (Å²) in [5.74, 6) is -1.04. The Morgan fingerprint density at radius 3 is 2.53 bits per heavy atom. The molecule has 12 heteroatoms. The Morgan fingerprint density at radius 2 is 1.93 bits per heavy atom. The Morgan fingerprint density at radius 1 is 1.27 bits per heavy atom. The minimum absolute atomic E-state index is 0.104. The van der Waals surface area contributed by atoms with Crippen molar-refractivity contribution in [3.63, 3.8) is 0 Å². The van der Waals surface area contributed by atoms with E-state index in [0.29, 0.717) is 31.6 Å². The number of nitro groups is 1. The van der Waals surface area contributed by atoms with Crippen molar-refractivity contribution in [1.29, 1.82) is 0 Å². The smallest absolute Gasteiger partial charge is 0.270 e. The summed E-state index contributed by atoms with van der Waals surface area (Å²) in [6, 6.07) is 3.73. The highest BCUT2D eigenvalue weighted by Gasteiger charge is 2.33. The number of piperidine rings is 1. The molecule has 1 fully saturated rings. The van der Waals surface area contributed by atoms with Crippen LogP contribution in [-0.4, -0.2) is 69.4 Å². The minimum Gasteiger partial charge on any atom is -0.383 e. The molecule has 1 aliphatic rings. The molecule has 0 saturated carbocycles. The average molecular weight is 442 g/mol. The van der Waals surface area contributed by atoms with Gasteiger partial charge in [-0.25, -0.2) is 8.42 Å². The fourth-order valence-electron chi connectivity index (χ4n) is 3.14. The number of sulfonamides is 1. The molecule has 2 N–H and O–H groups in total. The second-order valence-electron chi connectivity index (χ2n) is 6.95. The highest BCUT2D eigenvalue weighted by atomic mass is 32.2. The van der Waals surface area contributed by atoms with E-state index in [0.717, 1.165) is 6.07 Å². The van der Waals surface area contributed by atoms with Crippen LogP contribution in [0.1, 0.15) is 18.4 Å². The van der Waals surface area contributed by atoms with Crippen molar-refractivity contribution in [3.8, 4) is 0 Å². The van der Waals surface area contributed by atoms with Gasteiger partial charge < -0.3 is 15.4 Å². The number of carbonyl (C=O) groups is 2. The second-order valence-corrected chi connectivity index (χ2v) is 8.85. The van der Waals surface area contributed by atoms with E-state index in [2.05, 4.69) is 10.6 Å². The van der Waals surface area contributed by atoms with Gasteiger partial charge in [-0.05, 0) is 25.3 Å². The number of hydrogen-bond acceptors (Lipinski definition) is 7. The summed E-state index contributed by atoms with van der Waals surface area (Å²) in [6.45, 7) is 2.36. The van der Waals surface area contributed by atoms with Crippen molar-refractivity contribution in [2.24, 2.45) is 5.92 Å². The summed E-state index contributed by atoms with van der Waals surface area (Å²) in [5.41, 5.74) is 0.122. The molecular weight excluding hydrogens is 416 g/mol. The number of non-ortho nitro benzene ring substituents is 1. The monoisotopic (exact) mass is 442 g/mol. The Bertz CT molecular complexity index is 896. The molecule has 0 radical (unpaired) electrons. The molecule has 1 heterocycles. The van der Waals surface area contributed by atoms with Crippen LogP contribution in [0.2, 0.25) is 0 Å². The molecule has 0 aliphatic carbocycles. The van der Waals surface area contributed by atoms with Gasteiger partial charge in [0.1, 0.15) is 0 Å². The third-order valence-electron chi connectivity index (χ3n) is 4.88. The lowest BCUT2D eigenvalue weighted by Gasteiger charge is -2.30. The van der Waals surface area contributed by atoms with Crippen molar-refractivity contribution in [2.75, 3.05) is 39.9 Å². The van der Waals surface area contributed by atoms with E-state index < -0.39 is 20.9 Å². The fourth-order valence-corrected chi connectivity index (χ4v) is 4.86. The number of methoxy groups -OCH3 is 1. The summed E-state index contributed by atoms with van der Waals surface area (Å²) in [6.07, 6.45) is 0.592. The third-order valence-corrected chi connectivity index (χ3v) is 6.92. The van der Waals surface area contributed by atoms with E-state index in [1.54, 1.807) is 6.92 Å². The van der Waals surface area contributed by atoms with E-state index >= 15 is 0 Å². The van der Waals surface area contributed by atoms with Gasteiger partial charge >= 0.3 is 0 Å². The van der Waals surface area contributed by atoms with Gasteiger partial charge in [0.15, 0.2) is 0 Å². The molecular formula is C18H26N4O7S. The van der Waals surface area contributed by atoms with E-state index in [4.69, 9.17) is 4.74 Å². The van der Waals surface area contributed by atoms with Gasteiger partial charge in [-0.2, -0.15) is 4.31 Å². The van der Waals surface area contributed by atoms with Gasteiger partial charge in [-0.15, -0.1) is 0 Å². The number of amides is 2. The topological polar surface area (TPSA) is 148 Å². The molecule has 2 rings (SSSR count). The normalized spacial score (nSPS) is 15.5. The largest absolute Gasteiger partial charge is 0.383 e. The van der Waals surface area contributed by atoms with E-state index in [1.807, 2.05) is 0 Å². The van der Waals surface area contributed by atoms with E-state index in [1.165, 1.54) is 23.5 Å². The number of ether oxygens (including phenoxy) is 1. The number of nitrogens with zero attached hydrogens (tertiary/aromatic N) is 2. The van der Waals surface area contributed by atoms with Gasteiger partial charge in [0, 0.05) is 44.8 Å². The van der Waals surface area contributed by atoms with Crippen LogP contribution < -0.4 is 10.6 Å². The molecule has 1 aromatic carbocycles. The van der Waals surface area contributed by atoms with Gasteiger partial charge in [0.05, 0.1) is 23.0 Å². The Kier molecular flexibility index (Phi) is 8.26. The molecule has 1 aliphatic heterocycles. The summed E-state index contributed by atoms with van der Waals surface area (Å²) in [5, 5.41) is 16.1. The first-order valence-corrected chi connectivity index (χ1v) is 10.9. The first-order valence-electron chi connectivity index (χ1n) is 9.45. The summed E-state index contributed by atoms with van der Waals surface area (Å²) in [4.78, 5) is 34.2. The zero-order valence-corrected chi connectivity index (χ0v) is 17.7. The van der Waals surface area contributed by atoms with Crippen LogP contribution in [0.15, 0.2) is 23.1 Å². The lowest BCUT2D eigenvalue weighted by atomic mass is 9.97. The Labute approximate surface area is 175 Å². The minimum atomic E-state index is -3.92. The van der Waals surface area contributed by atoms with E-state index in [-0.39, 0.29) is 42.0 Å². The number of nitro benzene ring substituents is 1. The molecule has 2 amide bonds. The number of carbonyl (C=O) groups excluding carboxylic acids is 2. The molecule has 0 atom stereocenters. The van der Waals surface area contributed by atoms with Crippen LogP contribution in [0, 0.1) is 23.0 Å². The Balaban J connectivity index is 1.93. The molecule has 166 valence electrons. The summed E-state index contributed by atoms with van der Waals surface area (Å²) >= 11 is 0. The van der Waals surface area contributed by atoms with Crippen LogP contribution in [-0.2, 0) is 24.3 Å². The lowest BCUT2D eigenvalue weighted by Crippen LogP contribution is -2.45. The maximum Gasteiger partial charge on any atom is 0.270 e. The van der Waals surface area contributed by atoms with Gasteiger partial charge in [0.2, 0.25) is 21.8 Å². The van der Waals surface area contributed by atoms with Crippen molar-refractivity contribution in [1.82, 2.24) is 14.9 Å². The van der Waals surface area contributed by atoms with Gasteiger partial charge in [-0.1, -0.05) is 6.07 Å². The van der Waals surface area contributed by atoms with Crippen molar-refractivity contribution in [2.45, 2.75) is 24.7 Å².